The molecule has 4 nitrogen and oxygen atoms in total. The molecule has 0 aliphatic heterocycles. The number of furan rings is 2. The van der Waals surface area contributed by atoms with Gasteiger partial charge in [-0.3, -0.25) is 0 Å². The van der Waals surface area contributed by atoms with E-state index >= 15 is 0 Å². The number of nitrogens with zero attached hydrogens (tertiary/aromatic N) is 2. The standard InChI is InChI=1S/C58H36N2O2/c1-3-17-41(18-4-1)59(53-23-11-15-37-13-7-9-21-45(37)53)43-27-31-47-39(33-43)25-29-49-51-35-52-50-30-26-40-34-44(28-32-48(40)58(50)62-56(52)36-55(51)61-57(47)49)60(42-19-5-2-6-20-42)54-24-12-16-38-14-8-10-22-46(38)54/h1-36H. The molecular weight excluding hydrogens is 757 g/mol. The Balaban J connectivity index is 0.919. The van der Waals surface area contributed by atoms with E-state index < -0.39 is 0 Å². The third-order valence-electron chi connectivity index (χ3n) is 12.6. The molecule has 0 radical (unpaired) electrons. The summed E-state index contributed by atoms with van der Waals surface area (Å²) in [6, 6.07) is 77.9. The van der Waals surface area contributed by atoms with Crippen LogP contribution in [0.4, 0.5) is 34.1 Å². The summed E-state index contributed by atoms with van der Waals surface area (Å²) in [6.07, 6.45) is 0. The first-order valence-corrected chi connectivity index (χ1v) is 21.1. The van der Waals surface area contributed by atoms with E-state index in [2.05, 4.69) is 228 Å². The van der Waals surface area contributed by atoms with Crippen molar-refractivity contribution in [3.63, 3.8) is 0 Å². The van der Waals surface area contributed by atoms with E-state index in [0.717, 1.165) is 99.5 Å². The first-order valence-electron chi connectivity index (χ1n) is 21.1. The fourth-order valence-corrected chi connectivity index (χ4v) is 9.69. The van der Waals surface area contributed by atoms with Gasteiger partial charge in [0.2, 0.25) is 0 Å². The van der Waals surface area contributed by atoms with Gasteiger partial charge in [0.15, 0.2) is 0 Å². The molecule has 62 heavy (non-hydrogen) atoms. The number of para-hydroxylation sites is 2. The van der Waals surface area contributed by atoms with Crippen molar-refractivity contribution in [2.24, 2.45) is 0 Å². The summed E-state index contributed by atoms with van der Waals surface area (Å²) < 4.78 is 13.5. The Bertz CT molecular complexity index is 3620. The van der Waals surface area contributed by atoms with Crippen LogP contribution in [0.5, 0.6) is 0 Å². The van der Waals surface area contributed by atoms with Gasteiger partial charge in [0.25, 0.3) is 0 Å². The summed E-state index contributed by atoms with van der Waals surface area (Å²) in [6.45, 7) is 0. The molecule has 0 aliphatic carbocycles. The number of hydrogen-bond acceptors (Lipinski definition) is 4. The van der Waals surface area contributed by atoms with Crippen LogP contribution in [0, 0.1) is 0 Å². The van der Waals surface area contributed by atoms with Crippen molar-refractivity contribution >= 4 is 121 Å². The third-order valence-corrected chi connectivity index (χ3v) is 12.6. The van der Waals surface area contributed by atoms with Gasteiger partial charge in [-0.1, -0.05) is 121 Å². The lowest BCUT2D eigenvalue weighted by Crippen LogP contribution is -2.10. The molecule has 0 unspecified atom stereocenters. The first kappa shape index (κ1) is 34.5. The second-order valence-electron chi connectivity index (χ2n) is 16.1. The van der Waals surface area contributed by atoms with Gasteiger partial charge in [-0.15, -0.1) is 0 Å². The lowest BCUT2D eigenvalue weighted by molar-refractivity contribution is 0.660. The van der Waals surface area contributed by atoms with E-state index in [1.54, 1.807) is 0 Å². The summed E-state index contributed by atoms with van der Waals surface area (Å²) in [7, 11) is 0. The van der Waals surface area contributed by atoms with Gasteiger partial charge in [0.05, 0.1) is 11.4 Å². The van der Waals surface area contributed by atoms with Crippen molar-refractivity contribution in [2.45, 2.75) is 0 Å². The van der Waals surface area contributed by atoms with Crippen LogP contribution in [0.25, 0.3) is 87.0 Å². The van der Waals surface area contributed by atoms with Gasteiger partial charge in [0.1, 0.15) is 22.3 Å². The summed E-state index contributed by atoms with van der Waals surface area (Å²) in [4.78, 5) is 4.69. The third kappa shape index (κ3) is 5.33. The van der Waals surface area contributed by atoms with E-state index in [1.165, 1.54) is 21.5 Å². The van der Waals surface area contributed by atoms with Crippen molar-refractivity contribution in [1.29, 1.82) is 0 Å². The number of benzene rings is 11. The molecule has 11 aromatic carbocycles. The number of rotatable bonds is 6. The molecule has 0 atom stereocenters. The predicted octanol–water partition coefficient (Wildman–Crippen LogP) is 17.0. The molecule has 13 rings (SSSR count). The van der Waals surface area contributed by atoms with Crippen LogP contribution in [-0.4, -0.2) is 0 Å². The quantitative estimate of drug-likeness (QED) is 0.168. The van der Waals surface area contributed by atoms with Gasteiger partial charge in [0, 0.05) is 71.9 Å². The normalized spacial score (nSPS) is 11.9. The Hall–Kier alpha value is -8.34. The highest BCUT2D eigenvalue weighted by Crippen LogP contribution is 2.45. The molecule has 0 bridgehead atoms. The van der Waals surface area contributed by atoms with Crippen LogP contribution in [0.15, 0.2) is 227 Å². The molecule has 0 saturated carbocycles. The summed E-state index contributed by atoms with van der Waals surface area (Å²) in [5.74, 6) is 0. The monoisotopic (exact) mass is 792 g/mol. The topological polar surface area (TPSA) is 32.8 Å². The highest BCUT2D eigenvalue weighted by molar-refractivity contribution is 6.22. The Labute approximate surface area is 356 Å². The zero-order valence-corrected chi connectivity index (χ0v) is 33.5. The zero-order valence-electron chi connectivity index (χ0n) is 33.5. The SMILES string of the molecule is c1ccc(N(c2ccc3c(ccc4c5cc6c(cc5oc34)oc3c4ccc(N(c5ccccc5)c5cccc7ccccc57)cc4ccc63)c2)c2cccc3ccccc23)cc1. The number of anilines is 6. The van der Waals surface area contributed by atoms with Crippen LogP contribution in [0.1, 0.15) is 0 Å². The molecule has 2 heterocycles. The molecule has 4 heteroatoms. The minimum Gasteiger partial charge on any atom is -0.455 e. The predicted molar refractivity (Wildman–Crippen MR) is 260 cm³/mol. The number of fused-ring (bicyclic) bond motifs is 12. The molecule has 0 amide bonds. The van der Waals surface area contributed by atoms with Crippen molar-refractivity contribution in [2.75, 3.05) is 9.80 Å². The maximum Gasteiger partial charge on any atom is 0.143 e. The summed E-state index contributed by atoms with van der Waals surface area (Å²) in [5.41, 5.74) is 10.0. The zero-order chi connectivity index (χ0) is 40.7. The molecule has 13 aromatic rings. The Morgan fingerprint density at radius 1 is 0.242 bits per heavy atom. The summed E-state index contributed by atoms with van der Waals surface area (Å²) in [5, 5.41) is 13.5. The smallest absolute Gasteiger partial charge is 0.143 e. The van der Waals surface area contributed by atoms with Crippen molar-refractivity contribution in [1.82, 2.24) is 0 Å². The van der Waals surface area contributed by atoms with E-state index in [0.29, 0.717) is 0 Å². The van der Waals surface area contributed by atoms with Crippen molar-refractivity contribution < 1.29 is 8.83 Å². The van der Waals surface area contributed by atoms with Gasteiger partial charge in [-0.05, 0) is 113 Å². The van der Waals surface area contributed by atoms with Gasteiger partial charge in [-0.2, -0.15) is 0 Å². The molecule has 0 aliphatic rings. The Kier molecular flexibility index (Phi) is 7.57. The minimum atomic E-state index is 0.810. The van der Waals surface area contributed by atoms with E-state index in [9.17, 15) is 0 Å². The molecule has 0 fully saturated rings. The van der Waals surface area contributed by atoms with Crippen molar-refractivity contribution in [3.05, 3.63) is 218 Å². The number of hydrogen-bond donors (Lipinski definition) is 0. The Morgan fingerprint density at radius 2 is 0.661 bits per heavy atom. The highest BCUT2D eigenvalue weighted by Gasteiger charge is 2.21. The average molecular weight is 793 g/mol. The van der Waals surface area contributed by atoms with E-state index in [4.69, 9.17) is 8.83 Å². The fraction of sp³-hybridized carbons (Fsp3) is 0. The molecule has 290 valence electrons. The molecule has 0 spiro atoms. The minimum absolute atomic E-state index is 0.810. The second-order valence-corrected chi connectivity index (χ2v) is 16.1. The van der Waals surface area contributed by atoms with E-state index in [-0.39, 0.29) is 0 Å². The summed E-state index contributed by atoms with van der Waals surface area (Å²) >= 11 is 0. The maximum absolute atomic E-state index is 6.76. The second kappa shape index (κ2) is 13.6. The van der Waals surface area contributed by atoms with Crippen LogP contribution in [-0.2, 0) is 0 Å². The van der Waals surface area contributed by atoms with Crippen LogP contribution in [0.3, 0.4) is 0 Å². The van der Waals surface area contributed by atoms with Crippen LogP contribution < -0.4 is 9.80 Å². The van der Waals surface area contributed by atoms with Crippen LogP contribution in [0.2, 0.25) is 0 Å². The molecule has 0 N–H and O–H groups in total. The van der Waals surface area contributed by atoms with Gasteiger partial charge >= 0.3 is 0 Å². The Morgan fingerprint density at radius 3 is 1.15 bits per heavy atom. The largest absolute Gasteiger partial charge is 0.455 e. The fourth-order valence-electron chi connectivity index (χ4n) is 9.69. The lowest BCUT2D eigenvalue weighted by Gasteiger charge is -2.27. The lowest BCUT2D eigenvalue weighted by atomic mass is 10.0. The molecular formula is C58H36N2O2. The molecule has 0 saturated heterocycles. The van der Waals surface area contributed by atoms with Crippen molar-refractivity contribution in [3.8, 4) is 0 Å². The highest BCUT2D eigenvalue weighted by atomic mass is 16.3. The molecule has 2 aromatic heterocycles. The van der Waals surface area contributed by atoms with Gasteiger partial charge in [-0.25, -0.2) is 0 Å². The van der Waals surface area contributed by atoms with E-state index in [1.807, 2.05) is 0 Å². The van der Waals surface area contributed by atoms with Crippen LogP contribution >= 0.6 is 0 Å². The first-order chi connectivity index (χ1) is 30.7. The average Bonchev–Trinajstić information content (AvgIpc) is 3.89. The maximum atomic E-state index is 6.76. The van der Waals surface area contributed by atoms with Gasteiger partial charge < -0.3 is 18.6 Å².